The number of carbonyl (C=O) groups is 1. The summed E-state index contributed by atoms with van der Waals surface area (Å²) in [5, 5.41) is 0. The molecular weight excluding hydrogens is 420 g/mol. The number of carbonyl (C=O) groups excluding carboxylic acids is 1. The van der Waals surface area contributed by atoms with Gasteiger partial charge in [0.2, 0.25) is 5.91 Å². The molecule has 6 rings (SSSR count). The Morgan fingerprint density at radius 2 is 2.09 bits per heavy atom. The standard InChI is InChI=1S/C26H32N2O5/c1-17-2-7-24(32-16-22-15-30-10-11-31-22)28-9-8-19-12-20(5-6-23(19)25(17)28)33-21-13-27(14-21)26(29)18-3-4-18/h2,5-7,12,18,21-22,24H,3-4,8-11,13-16H2,1H3/t22-,24?/m0/s1. The van der Waals surface area contributed by atoms with Crippen molar-refractivity contribution in [3.8, 4) is 5.75 Å². The van der Waals surface area contributed by atoms with E-state index in [4.69, 9.17) is 18.9 Å². The molecule has 4 heterocycles. The van der Waals surface area contributed by atoms with Crippen molar-refractivity contribution in [2.45, 2.75) is 44.6 Å². The number of allylic oxidation sites excluding steroid dienone is 2. The van der Waals surface area contributed by atoms with Gasteiger partial charge in [0.1, 0.15) is 24.2 Å². The van der Waals surface area contributed by atoms with Crippen LogP contribution in [-0.4, -0.2) is 80.2 Å². The molecule has 1 saturated carbocycles. The van der Waals surface area contributed by atoms with Gasteiger partial charge in [0.15, 0.2) is 0 Å². The van der Waals surface area contributed by atoms with Gasteiger partial charge in [-0.05, 0) is 61.6 Å². The fourth-order valence-corrected chi connectivity index (χ4v) is 5.15. The van der Waals surface area contributed by atoms with Crippen LogP contribution < -0.4 is 4.74 Å². The summed E-state index contributed by atoms with van der Waals surface area (Å²) < 4.78 is 23.7. The first-order chi connectivity index (χ1) is 16.2. The highest BCUT2D eigenvalue weighted by atomic mass is 16.6. The van der Waals surface area contributed by atoms with Crippen LogP contribution >= 0.6 is 0 Å². The Morgan fingerprint density at radius 3 is 2.88 bits per heavy atom. The van der Waals surface area contributed by atoms with Gasteiger partial charge in [0.25, 0.3) is 0 Å². The molecule has 3 fully saturated rings. The molecule has 1 unspecified atom stereocenters. The van der Waals surface area contributed by atoms with Gasteiger partial charge in [-0.3, -0.25) is 4.79 Å². The van der Waals surface area contributed by atoms with Crippen LogP contribution in [0.3, 0.4) is 0 Å². The molecule has 0 N–H and O–H groups in total. The van der Waals surface area contributed by atoms with Gasteiger partial charge < -0.3 is 28.7 Å². The van der Waals surface area contributed by atoms with E-state index >= 15 is 0 Å². The Kier molecular flexibility index (Phi) is 5.64. The Morgan fingerprint density at radius 1 is 1.21 bits per heavy atom. The van der Waals surface area contributed by atoms with Crippen molar-refractivity contribution in [3.05, 3.63) is 47.1 Å². The van der Waals surface area contributed by atoms with Crippen LogP contribution in [0.25, 0.3) is 5.70 Å². The third kappa shape index (κ3) is 4.29. The first-order valence-electron chi connectivity index (χ1n) is 12.2. The van der Waals surface area contributed by atoms with Crippen LogP contribution in [0.15, 0.2) is 35.9 Å². The van der Waals surface area contributed by atoms with Crippen LogP contribution in [0.4, 0.5) is 0 Å². The van der Waals surface area contributed by atoms with Gasteiger partial charge in [-0.1, -0.05) is 6.08 Å². The fourth-order valence-electron chi connectivity index (χ4n) is 5.15. The summed E-state index contributed by atoms with van der Waals surface area (Å²) in [5.74, 6) is 1.50. The second-order valence-electron chi connectivity index (χ2n) is 9.70. The van der Waals surface area contributed by atoms with Gasteiger partial charge in [-0.15, -0.1) is 0 Å². The lowest BCUT2D eigenvalue weighted by atomic mass is 9.91. The molecule has 2 saturated heterocycles. The van der Waals surface area contributed by atoms with Crippen LogP contribution in [-0.2, 0) is 25.4 Å². The van der Waals surface area contributed by atoms with Gasteiger partial charge in [-0.2, -0.15) is 0 Å². The average molecular weight is 453 g/mol. The van der Waals surface area contributed by atoms with Crippen molar-refractivity contribution in [1.82, 2.24) is 9.80 Å². The Bertz CT molecular complexity index is 973. The van der Waals surface area contributed by atoms with E-state index in [0.717, 1.165) is 31.6 Å². The number of rotatable bonds is 6. The highest BCUT2D eigenvalue weighted by Crippen LogP contribution is 2.38. The van der Waals surface area contributed by atoms with Crippen molar-refractivity contribution >= 4 is 11.6 Å². The quantitative estimate of drug-likeness (QED) is 0.661. The van der Waals surface area contributed by atoms with Crippen molar-refractivity contribution in [2.75, 3.05) is 46.1 Å². The third-order valence-corrected chi connectivity index (χ3v) is 7.16. The molecule has 0 aromatic heterocycles. The van der Waals surface area contributed by atoms with E-state index in [2.05, 4.69) is 42.2 Å². The minimum atomic E-state index is -0.0942. The van der Waals surface area contributed by atoms with Crippen molar-refractivity contribution < 1.29 is 23.7 Å². The third-order valence-electron chi connectivity index (χ3n) is 7.16. The summed E-state index contributed by atoms with van der Waals surface area (Å²) >= 11 is 0. The van der Waals surface area contributed by atoms with Gasteiger partial charge in [-0.25, -0.2) is 0 Å². The molecule has 5 aliphatic rings. The van der Waals surface area contributed by atoms with E-state index in [1.165, 1.54) is 22.4 Å². The minimum absolute atomic E-state index is 0.00128. The number of hydrogen-bond donors (Lipinski definition) is 0. The molecule has 1 aliphatic carbocycles. The normalized spacial score (nSPS) is 27.2. The number of fused-ring (bicyclic) bond motifs is 3. The number of amides is 1. The molecule has 1 aromatic rings. The van der Waals surface area contributed by atoms with Crippen molar-refractivity contribution in [1.29, 1.82) is 0 Å². The molecule has 7 heteroatoms. The molecule has 0 spiro atoms. The highest BCUT2D eigenvalue weighted by Gasteiger charge is 2.40. The number of nitrogens with zero attached hydrogens (tertiary/aromatic N) is 2. The maximum Gasteiger partial charge on any atom is 0.225 e. The van der Waals surface area contributed by atoms with Crippen molar-refractivity contribution in [2.24, 2.45) is 5.92 Å². The lowest BCUT2D eigenvalue weighted by Gasteiger charge is -2.42. The molecule has 1 aromatic carbocycles. The molecule has 7 nitrogen and oxygen atoms in total. The Balaban J connectivity index is 1.10. The zero-order valence-corrected chi connectivity index (χ0v) is 19.2. The van der Waals surface area contributed by atoms with E-state index in [1.807, 2.05) is 4.90 Å². The molecule has 176 valence electrons. The summed E-state index contributed by atoms with van der Waals surface area (Å²) in [7, 11) is 0. The van der Waals surface area contributed by atoms with Gasteiger partial charge >= 0.3 is 0 Å². The van der Waals surface area contributed by atoms with E-state index < -0.39 is 0 Å². The summed E-state index contributed by atoms with van der Waals surface area (Å²) in [6, 6.07) is 6.42. The van der Waals surface area contributed by atoms with E-state index in [0.29, 0.717) is 45.4 Å². The average Bonchev–Trinajstić information content (AvgIpc) is 3.66. The predicted molar refractivity (Wildman–Crippen MR) is 123 cm³/mol. The SMILES string of the molecule is CC1=C2c3ccc(OC4CN(C(=O)C5CC5)C4)cc3CCN2C(OC[C@@H]2COCCO2)C=C1. The highest BCUT2D eigenvalue weighted by molar-refractivity contribution is 5.82. The fraction of sp³-hybridized carbons (Fsp3) is 0.577. The van der Waals surface area contributed by atoms with Crippen LogP contribution in [0.5, 0.6) is 5.75 Å². The lowest BCUT2D eigenvalue weighted by molar-refractivity contribution is -0.141. The van der Waals surface area contributed by atoms with Crippen molar-refractivity contribution in [3.63, 3.8) is 0 Å². The zero-order chi connectivity index (χ0) is 22.4. The minimum Gasteiger partial charge on any atom is -0.487 e. The molecule has 0 bridgehead atoms. The Hall–Kier alpha value is -2.35. The lowest BCUT2D eigenvalue weighted by Crippen LogP contribution is -2.56. The monoisotopic (exact) mass is 452 g/mol. The maximum atomic E-state index is 12.1. The number of likely N-dealkylation sites (tertiary alicyclic amines) is 1. The topological polar surface area (TPSA) is 60.5 Å². The largest absolute Gasteiger partial charge is 0.487 e. The first-order valence-corrected chi connectivity index (χ1v) is 12.2. The predicted octanol–water partition coefficient (Wildman–Crippen LogP) is 2.60. The molecule has 1 amide bonds. The summed E-state index contributed by atoms with van der Waals surface area (Å²) in [6.07, 6.45) is 7.36. The molecular formula is C26H32N2O5. The van der Waals surface area contributed by atoms with Crippen LogP contribution in [0, 0.1) is 5.92 Å². The zero-order valence-electron chi connectivity index (χ0n) is 19.2. The smallest absolute Gasteiger partial charge is 0.225 e. The molecule has 4 aliphatic heterocycles. The van der Waals surface area contributed by atoms with Gasteiger partial charge in [0.05, 0.1) is 39.5 Å². The molecule has 2 atom stereocenters. The number of ether oxygens (including phenoxy) is 4. The summed E-state index contributed by atoms with van der Waals surface area (Å²) in [6.45, 7) is 6.90. The second kappa shape index (κ2) is 8.78. The second-order valence-corrected chi connectivity index (χ2v) is 9.70. The summed E-state index contributed by atoms with van der Waals surface area (Å²) in [4.78, 5) is 16.4. The van der Waals surface area contributed by atoms with E-state index in [9.17, 15) is 4.79 Å². The number of benzene rings is 1. The Labute approximate surface area is 194 Å². The molecule has 0 radical (unpaired) electrons. The molecule has 33 heavy (non-hydrogen) atoms. The first kappa shape index (κ1) is 21.2. The summed E-state index contributed by atoms with van der Waals surface area (Å²) in [5.41, 5.74) is 5.04. The maximum absolute atomic E-state index is 12.1. The van der Waals surface area contributed by atoms with Crippen LogP contribution in [0.2, 0.25) is 0 Å². The van der Waals surface area contributed by atoms with E-state index in [-0.39, 0.29) is 24.4 Å². The van der Waals surface area contributed by atoms with Crippen LogP contribution in [0.1, 0.15) is 30.9 Å². The van der Waals surface area contributed by atoms with E-state index in [1.54, 1.807) is 0 Å². The number of hydrogen-bond acceptors (Lipinski definition) is 6. The van der Waals surface area contributed by atoms with Gasteiger partial charge in [0, 0.05) is 23.7 Å².